The maximum absolute atomic E-state index is 5.77. The quantitative estimate of drug-likeness (QED) is 0.352. The Morgan fingerprint density at radius 1 is 1.26 bits per heavy atom. The lowest BCUT2D eigenvalue weighted by Gasteiger charge is -2.16. The molecule has 3 unspecified atom stereocenters. The van der Waals surface area contributed by atoms with E-state index >= 15 is 0 Å². The van der Waals surface area contributed by atoms with E-state index in [0.29, 0.717) is 18.8 Å². The number of hydrogen-bond donors (Lipinski definition) is 0. The normalized spacial score (nSPS) is 29.7. The SMILES string of the molecule is C/C=C(\C=C/CCC1=CCC(OCC2CO2)C=C1)OCC1CO1. The molecule has 0 amide bonds. The van der Waals surface area contributed by atoms with Crippen molar-refractivity contribution in [2.75, 3.05) is 26.4 Å². The van der Waals surface area contributed by atoms with Gasteiger partial charge in [0.1, 0.15) is 24.6 Å². The summed E-state index contributed by atoms with van der Waals surface area (Å²) in [7, 11) is 0. The summed E-state index contributed by atoms with van der Waals surface area (Å²) in [6.45, 7) is 5.06. The Bertz CT molecular complexity index is 495. The van der Waals surface area contributed by atoms with Crippen LogP contribution in [0.25, 0.3) is 0 Å². The summed E-state index contributed by atoms with van der Waals surface area (Å²) in [5, 5.41) is 0. The molecule has 0 aromatic rings. The Morgan fingerprint density at radius 3 is 2.70 bits per heavy atom. The number of rotatable bonds is 10. The molecule has 23 heavy (non-hydrogen) atoms. The van der Waals surface area contributed by atoms with Crippen LogP contribution in [0.1, 0.15) is 26.2 Å². The van der Waals surface area contributed by atoms with Gasteiger partial charge in [-0.1, -0.05) is 29.9 Å². The molecule has 2 heterocycles. The van der Waals surface area contributed by atoms with Gasteiger partial charge in [0.25, 0.3) is 0 Å². The first kappa shape index (κ1) is 16.5. The fourth-order valence-electron chi connectivity index (χ4n) is 2.38. The topological polar surface area (TPSA) is 43.5 Å². The first-order chi connectivity index (χ1) is 11.3. The van der Waals surface area contributed by atoms with Crippen molar-refractivity contribution in [1.82, 2.24) is 0 Å². The Labute approximate surface area is 138 Å². The molecule has 0 aromatic carbocycles. The highest BCUT2D eigenvalue weighted by Crippen LogP contribution is 2.19. The van der Waals surface area contributed by atoms with Crippen LogP contribution in [0.4, 0.5) is 0 Å². The van der Waals surface area contributed by atoms with Gasteiger partial charge in [0.15, 0.2) is 0 Å². The molecule has 0 aromatic heterocycles. The van der Waals surface area contributed by atoms with Gasteiger partial charge in [0.05, 0.1) is 25.9 Å². The molecule has 4 nitrogen and oxygen atoms in total. The fourth-order valence-corrected chi connectivity index (χ4v) is 2.38. The summed E-state index contributed by atoms with van der Waals surface area (Å²) in [6, 6.07) is 0. The molecule has 3 aliphatic rings. The monoisotopic (exact) mass is 318 g/mol. The third-order valence-electron chi connectivity index (χ3n) is 4.04. The molecular formula is C19H26O4. The van der Waals surface area contributed by atoms with Crippen LogP contribution in [0.2, 0.25) is 0 Å². The second-order valence-electron chi connectivity index (χ2n) is 6.10. The number of ether oxygens (including phenoxy) is 4. The Morgan fingerprint density at radius 2 is 2.04 bits per heavy atom. The Hall–Kier alpha value is -1.36. The molecule has 0 bridgehead atoms. The fraction of sp³-hybridized carbons (Fsp3) is 0.579. The van der Waals surface area contributed by atoms with Crippen LogP contribution in [0, 0.1) is 0 Å². The number of epoxide rings is 2. The van der Waals surface area contributed by atoms with Crippen LogP contribution in [0.3, 0.4) is 0 Å². The van der Waals surface area contributed by atoms with E-state index in [1.165, 1.54) is 5.57 Å². The van der Waals surface area contributed by atoms with Crippen molar-refractivity contribution in [3.63, 3.8) is 0 Å². The predicted octanol–water partition coefficient (Wildman–Crippen LogP) is 3.31. The molecule has 2 fully saturated rings. The van der Waals surface area contributed by atoms with Crippen LogP contribution >= 0.6 is 0 Å². The maximum atomic E-state index is 5.77. The van der Waals surface area contributed by atoms with E-state index in [0.717, 1.165) is 44.8 Å². The average Bonchev–Trinajstić information content (AvgIpc) is 3.48. The summed E-state index contributed by atoms with van der Waals surface area (Å²) in [4.78, 5) is 0. The maximum Gasteiger partial charge on any atom is 0.117 e. The average molecular weight is 318 g/mol. The van der Waals surface area contributed by atoms with Crippen molar-refractivity contribution in [3.8, 4) is 0 Å². The van der Waals surface area contributed by atoms with Crippen molar-refractivity contribution in [2.45, 2.75) is 44.5 Å². The molecule has 3 rings (SSSR count). The number of allylic oxidation sites excluding steroid dienone is 5. The van der Waals surface area contributed by atoms with E-state index in [4.69, 9.17) is 18.9 Å². The van der Waals surface area contributed by atoms with Crippen LogP contribution in [0.15, 0.2) is 47.8 Å². The standard InChI is InChI=1S/C19H26O4/c1-2-16(20-11-18-13-22-18)6-4-3-5-15-7-9-17(10-8-15)21-12-19-14-23-19/h2,4,6-9,17-19H,3,5,10-14H2,1H3/b6-4-,16-2+. The van der Waals surface area contributed by atoms with Crippen molar-refractivity contribution in [3.05, 3.63) is 47.8 Å². The molecule has 126 valence electrons. The zero-order valence-corrected chi connectivity index (χ0v) is 13.8. The van der Waals surface area contributed by atoms with E-state index in [-0.39, 0.29) is 6.10 Å². The van der Waals surface area contributed by atoms with Gasteiger partial charge in [-0.25, -0.2) is 0 Å². The second-order valence-corrected chi connectivity index (χ2v) is 6.10. The Balaban J connectivity index is 1.30. The minimum absolute atomic E-state index is 0.214. The molecule has 1 aliphatic carbocycles. The van der Waals surface area contributed by atoms with E-state index in [9.17, 15) is 0 Å². The summed E-state index contributed by atoms with van der Waals surface area (Å²) >= 11 is 0. The van der Waals surface area contributed by atoms with Gasteiger partial charge in [-0.05, 0) is 38.3 Å². The molecule has 0 spiro atoms. The third-order valence-corrected chi connectivity index (χ3v) is 4.04. The van der Waals surface area contributed by atoms with Gasteiger partial charge in [0.2, 0.25) is 0 Å². The van der Waals surface area contributed by atoms with Crippen LogP contribution in [0.5, 0.6) is 0 Å². The molecule has 0 N–H and O–H groups in total. The van der Waals surface area contributed by atoms with Gasteiger partial charge in [0, 0.05) is 0 Å². The van der Waals surface area contributed by atoms with Crippen molar-refractivity contribution >= 4 is 0 Å². The lowest BCUT2D eigenvalue weighted by molar-refractivity contribution is 0.0730. The first-order valence-corrected chi connectivity index (χ1v) is 8.51. The lowest BCUT2D eigenvalue weighted by Crippen LogP contribution is -2.15. The predicted molar refractivity (Wildman–Crippen MR) is 89.1 cm³/mol. The van der Waals surface area contributed by atoms with Gasteiger partial charge in [-0.2, -0.15) is 0 Å². The van der Waals surface area contributed by atoms with E-state index < -0.39 is 0 Å². The summed E-state index contributed by atoms with van der Waals surface area (Å²) in [6.07, 6.45) is 16.7. The van der Waals surface area contributed by atoms with E-state index in [2.05, 4.69) is 30.4 Å². The van der Waals surface area contributed by atoms with Gasteiger partial charge >= 0.3 is 0 Å². The lowest BCUT2D eigenvalue weighted by atomic mass is 10.0. The highest BCUT2D eigenvalue weighted by molar-refractivity contribution is 5.25. The summed E-state index contributed by atoms with van der Waals surface area (Å²) in [5.41, 5.74) is 1.38. The minimum Gasteiger partial charge on any atom is -0.491 e. The van der Waals surface area contributed by atoms with Crippen molar-refractivity contribution in [1.29, 1.82) is 0 Å². The second kappa shape index (κ2) is 8.48. The highest BCUT2D eigenvalue weighted by atomic mass is 16.6. The Kier molecular flexibility index (Phi) is 6.08. The molecule has 2 saturated heterocycles. The van der Waals surface area contributed by atoms with Gasteiger partial charge < -0.3 is 18.9 Å². The number of hydrogen-bond acceptors (Lipinski definition) is 4. The van der Waals surface area contributed by atoms with Gasteiger partial charge in [-0.3, -0.25) is 0 Å². The molecule has 4 heteroatoms. The first-order valence-electron chi connectivity index (χ1n) is 8.51. The molecule has 0 radical (unpaired) electrons. The minimum atomic E-state index is 0.214. The van der Waals surface area contributed by atoms with E-state index in [1.54, 1.807) is 0 Å². The smallest absolute Gasteiger partial charge is 0.117 e. The van der Waals surface area contributed by atoms with Crippen LogP contribution in [-0.4, -0.2) is 44.7 Å². The summed E-state index contributed by atoms with van der Waals surface area (Å²) in [5.74, 6) is 0.921. The molecular weight excluding hydrogens is 292 g/mol. The van der Waals surface area contributed by atoms with E-state index in [1.807, 2.05) is 13.0 Å². The highest BCUT2D eigenvalue weighted by Gasteiger charge is 2.24. The van der Waals surface area contributed by atoms with Crippen LogP contribution in [-0.2, 0) is 18.9 Å². The zero-order chi connectivity index (χ0) is 15.9. The largest absolute Gasteiger partial charge is 0.491 e. The van der Waals surface area contributed by atoms with Gasteiger partial charge in [-0.15, -0.1) is 0 Å². The zero-order valence-electron chi connectivity index (χ0n) is 13.8. The molecule has 0 saturated carbocycles. The summed E-state index contributed by atoms with van der Waals surface area (Å²) < 4.78 is 21.7. The van der Waals surface area contributed by atoms with Crippen molar-refractivity contribution < 1.29 is 18.9 Å². The van der Waals surface area contributed by atoms with Crippen molar-refractivity contribution in [2.24, 2.45) is 0 Å². The molecule has 2 aliphatic heterocycles. The molecule has 3 atom stereocenters. The third kappa shape index (κ3) is 6.34. The van der Waals surface area contributed by atoms with Crippen LogP contribution < -0.4 is 0 Å².